The predicted molar refractivity (Wildman–Crippen MR) is 96.4 cm³/mol. The van der Waals surface area contributed by atoms with Gasteiger partial charge in [0.1, 0.15) is 0 Å². The highest BCUT2D eigenvalue weighted by Crippen LogP contribution is 2.24. The van der Waals surface area contributed by atoms with Crippen LogP contribution in [0.2, 0.25) is 0 Å². The summed E-state index contributed by atoms with van der Waals surface area (Å²) in [4.78, 5) is 31.0. The zero-order valence-corrected chi connectivity index (χ0v) is 15.1. The number of hydrogen-bond donors (Lipinski definition) is 0. The Kier molecular flexibility index (Phi) is 5.58. The van der Waals surface area contributed by atoms with Crippen molar-refractivity contribution in [2.45, 2.75) is 19.4 Å². The van der Waals surface area contributed by atoms with E-state index in [1.54, 1.807) is 12.0 Å². The maximum absolute atomic E-state index is 12.8. The first-order valence-electron chi connectivity index (χ1n) is 8.97. The van der Waals surface area contributed by atoms with Crippen LogP contribution in [-0.2, 0) is 14.3 Å². The molecule has 6 heteroatoms. The van der Waals surface area contributed by atoms with Crippen molar-refractivity contribution in [1.29, 1.82) is 0 Å². The minimum atomic E-state index is -0.213. The lowest BCUT2D eigenvalue weighted by Crippen LogP contribution is -2.50. The van der Waals surface area contributed by atoms with Crippen LogP contribution in [0.1, 0.15) is 13.3 Å². The molecule has 1 aromatic rings. The van der Waals surface area contributed by atoms with Crippen molar-refractivity contribution in [1.82, 2.24) is 9.80 Å². The number of ether oxygens (including phenoxy) is 1. The van der Waals surface area contributed by atoms with Gasteiger partial charge in [-0.1, -0.05) is 18.2 Å². The first-order chi connectivity index (χ1) is 12.1. The van der Waals surface area contributed by atoms with Crippen LogP contribution in [0.4, 0.5) is 5.69 Å². The number of methoxy groups -OCH3 is 1. The molecule has 136 valence electrons. The Hall–Kier alpha value is -2.08. The summed E-state index contributed by atoms with van der Waals surface area (Å²) in [5.41, 5.74) is 1.20. The lowest BCUT2D eigenvalue weighted by Gasteiger charge is -2.37. The third kappa shape index (κ3) is 3.95. The van der Waals surface area contributed by atoms with Crippen LogP contribution < -0.4 is 4.90 Å². The fraction of sp³-hybridized carbons (Fsp3) is 0.579. The third-order valence-electron chi connectivity index (χ3n) is 5.16. The fourth-order valence-electron chi connectivity index (χ4n) is 3.74. The molecule has 0 aromatic heterocycles. The van der Waals surface area contributed by atoms with Gasteiger partial charge in [0.05, 0.1) is 18.6 Å². The van der Waals surface area contributed by atoms with Crippen molar-refractivity contribution in [3.63, 3.8) is 0 Å². The minimum Gasteiger partial charge on any atom is -0.383 e. The molecule has 0 saturated carbocycles. The summed E-state index contributed by atoms with van der Waals surface area (Å²) in [6.45, 7) is 6.08. The van der Waals surface area contributed by atoms with E-state index in [9.17, 15) is 9.59 Å². The molecule has 3 rings (SSSR count). The highest BCUT2D eigenvalue weighted by atomic mass is 16.5. The van der Waals surface area contributed by atoms with E-state index in [0.717, 1.165) is 13.1 Å². The van der Waals surface area contributed by atoms with Crippen molar-refractivity contribution in [3.05, 3.63) is 30.3 Å². The number of hydrogen-bond acceptors (Lipinski definition) is 4. The topological polar surface area (TPSA) is 53.1 Å². The highest BCUT2D eigenvalue weighted by molar-refractivity contribution is 5.89. The third-order valence-corrected chi connectivity index (χ3v) is 5.16. The lowest BCUT2D eigenvalue weighted by molar-refractivity contribution is -0.136. The first-order valence-corrected chi connectivity index (χ1v) is 8.97. The molecule has 1 aromatic carbocycles. The smallest absolute Gasteiger partial charge is 0.228 e. The molecular weight excluding hydrogens is 318 g/mol. The molecule has 25 heavy (non-hydrogen) atoms. The molecule has 2 heterocycles. The molecule has 2 saturated heterocycles. The van der Waals surface area contributed by atoms with Crippen LogP contribution in [-0.4, -0.2) is 74.1 Å². The number of benzene rings is 1. The number of anilines is 1. The second-order valence-corrected chi connectivity index (χ2v) is 6.90. The van der Waals surface area contributed by atoms with Gasteiger partial charge in [-0.25, -0.2) is 0 Å². The maximum Gasteiger partial charge on any atom is 0.228 e. The number of rotatable bonds is 5. The molecule has 0 aliphatic carbocycles. The Labute approximate surface area is 149 Å². The normalized spacial score (nSPS) is 22.4. The van der Waals surface area contributed by atoms with Gasteiger partial charge in [-0.15, -0.1) is 0 Å². The Morgan fingerprint density at radius 1 is 1.20 bits per heavy atom. The average Bonchev–Trinajstić information content (AvgIpc) is 3.04. The van der Waals surface area contributed by atoms with Gasteiger partial charge in [-0.05, 0) is 19.1 Å². The second kappa shape index (κ2) is 7.87. The second-order valence-electron chi connectivity index (χ2n) is 6.90. The zero-order chi connectivity index (χ0) is 17.8. The maximum atomic E-state index is 12.8. The standard InChI is InChI=1S/C19H27N3O3/c1-15(14-25-2)22-13-16(12-18(22)23)19(24)21-10-8-20(9-11-21)17-6-4-3-5-7-17/h3-7,15-16H,8-14H2,1-2H3/t15-,16+/m0/s1. The minimum absolute atomic E-state index is 0.0187. The summed E-state index contributed by atoms with van der Waals surface area (Å²) < 4.78 is 5.14. The van der Waals surface area contributed by atoms with Gasteiger partial charge in [0.15, 0.2) is 0 Å². The summed E-state index contributed by atoms with van der Waals surface area (Å²) in [7, 11) is 1.63. The molecule has 2 aliphatic heterocycles. The van der Waals surface area contributed by atoms with E-state index in [1.807, 2.05) is 30.0 Å². The highest BCUT2D eigenvalue weighted by Gasteiger charge is 2.38. The number of para-hydroxylation sites is 1. The summed E-state index contributed by atoms with van der Waals surface area (Å²) in [5.74, 6) is -0.0333. The number of carbonyl (C=O) groups is 2. The average molecular weight is 345 g/mol. The molecule has 2 aliphatic rings. The van der Waals surface area contributed by atoms with Crippen molar-refractivity contribution in [2.75, 3.05) is 51.3 Å². The Morgan fingerprint density at radius 2 is 1.88 bits per heavy atom. The number of carbonyl (C=O) groups excluding carboxylic acids is 2. The van der Waals surface area contributed by atoms with Crippen LogP contribution in [0.3, 0.4) is 0 Å². The summed E-state index contributed by atoms with van der Waals surface area (Å²) in [6, 6.07) is 10.3. The van der Waals surface area contributed by atoms with Crippen LogP contribution in [0.5, 0.6) is 0 Å². The molecule has 0 radical (unpaired) electrons. The largest absolute Gasteiger partial charge is 0.383 e. The Morgan fingerprint density at radius 3 is 2.52 bits per heavy atom. The van der Waals surface area contributed by atoms with Crippen molar-refractivity contribution < 1.29 is 14.3 Å². The lowest BCUT2D eigenvalue weighted by atomic mass is 10.1. The van der Waals surface area contributed by atoms with Crippen molar-refractivity contribution in [2.24, 2.45) is 5.92 Å². The quantitative estimate of drug-likeness (QED) is 0.805. The molecule has 2 fully saturated rings. The van der Waals surface area contributed by atoms with Gasteiger partial charge in [-0.2, -0.15) is 0 Å². The van der Waals surface area contributed by atoms with Crippen LogP contribution in [0.15, 0.2) is 30.3 Å². The molecule has 6 nitrogen and oxygen atoms in total. The van der Waals surface area contributed by atoms with E-state index in [1.165, 1.54) is 5.69 Å². The molecular formula is C19H27N3O3. The van der Waals surface area contributed by atoms with E-state index < -0.39 is 0 Å². The van der Waals surface area contributed by atoms with Gasteiger partial charge in [-0.3, -0.25) is 9.59 Å². The van der Waals surface area contributed by atoms with Crippen molar-refractivity contribution in [3.8, 4) is 0 Å². The number of piperazine rings is 1. The number of likely N-dealkylation sites (tertiary alicyclic amines) is 1. The SMILES string of the molecule is COC[C@H](C)N1C[C@H](C(=O)N2CCN(c3ccccc3)CC2)CC1=O. The van der Waals surface area contributed by atoms with Gasteiger partial charge < -0.3 is 19.4 Å². The van der Waals surface area contributed by atoms with E-state index in [2.05, 4.69) is 17.0 Å². The fourth-order valence-corrected chi connectivity index (χ4v) is 3.74. The first kappa shape index (κ1) is 17.7. The number of amides is 2. The van der Waals surface area contributed by atoms with E-state index in [4.69, 9.17) is 4.74 Å². The van der Waals surface area contributed by atoms with Crippen LogP contribution in [0.25, 0.3) is 0 Å². The molecule has 2 atom stereocenters. The molecule has 0 N–H and O–H groups in total. The van der Waals surface area contributed by atoms with E-state index >= 15 is 0 Å². The summed E-state index contributed by atoms with van der Waals surface area (Å²) in [6.07, 6.45) is 0.325. The zero-order valence-electron chi connectivity index (χ0n) is 15.1. The molecule has 0 spiro atoms. The van der Waals surface area contributed by atoms with E-state index in [0.29, 0.717) is 32.7 Å². The van der Waals surface area contributed by atoms with Gasteiger partial charge in [0, 0.05) is 51.9 Å². The predicted octanol–water partition coefficient (Wildman–Crippen LogP) is 1.22. The van der Waals surface area contributed by atoms with Gasteiger partial charge in [0.25, 0.3) is 0 Å². The molecule has 0 bridgehead atoms. The van der Waals surface area contributed by atoms with Crippen LogP contribution >= 0.6 is 0 Å². The molecule has 0 unspecified atom stereocenters. The van der Waals surface area contributed by atoms with Crippen molar-refractivity contribution >= 4 is 17.5 Å². The Bertz CT molecular complexity index is 599. The summed E-state index contributed by atoms with van der Waals surface area (Å²) >= 11 is 0. The Balaban J connectivity index is 1.54. The van der Waals surface area contributed by atoms with E-state index in [-0.39, 0.29) is 23.8 Å². The van der Waals surface area contributed by atoms with Gasteiger partial charge in [0.2, 0.25) is 11.8 Å². The number of nitrogens with zero attached hydrogens (tertiary/aromatic N) is 3. The van der Waals surface area contributed by atoms with Gasteiger partial charge >= 0.3 is 0 Å². The molecule has 2 amide bonds. The monoisotopic (exact) mass is 345 g/mol. The summed E-state index contributed by atoms with van der Waals surface area (Å²) in [5, 5.41) is 0. The van der Waals surface area contributed by atoms with Crippen LogP contribution in [0, 0.1) is 5.92 Å².